The van der Waals surface area contributed by atoms with Gasteiger partial charge in [0.1, 0.15) is 0 Å². The van der Waals surface area contributed by atoms with Gasteiger partial charge in [0.05, 0.1) is 0 Å². The fraction of sp³-hybridized carbons (Fsp3) is 0.600. The fourth-order valence-corrected chi connectivity index (χ4v) is 2.51. The predicted octanol–water partition coefficient (Wildman–Crippen LogP) is 5.73. The number of hydrogen-bond donors (Lipinski definition) is 0. The molecule has 1 aromatic carbocycles. The topological polar surface area (TPSA) is 0 Å². The number of halogens is 1. The Morgan fingerprint density at radius 2 is 1.56 bits per heavy atom. The molecule has 0 N–H and O–H groups in total. The van der Waals surface area contributed by atoms with E-state index in [-0.39, 0.29) is 0 Å². The van der Waals surface area contributed by atoms with Gasteiger partial charge in [-0.05, 0) is 17.9 Å². The van der Waals surface area contributed by atoms with Crippen molar-refractivity contribution in [3.63, 3.8) is 0 Å². The van der Waals surface area contributed by atoms with E-state index in [4.69, 9.17) is 0 Å². The Labute approximate surface area is 109 Å². The molecule has 0 aliphatic carbocycles. The van der Waals surface area contributed by atoms with Crippen LogP contribution in [0, 0.1) is 5.92 Å². The molecule has 0 aliphatic heterocycles. The van der Waals surface area contributed by atoms with Crippen LogP contribution in [0.3, 0.4) is 0 Å². The van der Waals surface area contributed by atoms with Gasteiger partial charge >= 0.3 is 0 Å². The first-order valence-electron chi connectivity index (χ1n) is 6.39. The smallest absolute Gasteiger partial charge is 0.0395 e. The molecular formula is C15H23Br. The lowest BCUT2D eigenvalue weighted by atomic mass is 10.0. The van der Waals surface area contributed by atoms with Crippen molar-refractivity contribution in [1.29, 1.82) is 0 Å². The maximum absolute atomic E-state index is 3.77. The lowest BCUT2D eigenvalue weighted by Crippen LogP contribution is -1.91. The van der Waals surface area contributed by atoms with Gasteiger partial charge in [-0.25, -0.2) is 0 Å². The molecule has 1 aromatic rings. The summed E-state index contributed by atoms with van der Waals surface area (Å²) in [5, 5.41) is 0. The monoisotopic (exact) mass is 282 g/mol. The van der Waals surface area contributed by atoms with Crippen molar-refractivity contribution in [2.45, 2.75) is 50.8 Å². The second-order valence-corrected chi connectivity index (χ2v) is 6.02. The molecule has 0 saturated heterocycles. The number of rotatable bonds is 7. The minimum atomic E-state index is 0.535. The third-order valence-electron chi connectivity index (χ3n) is 2.90. The average molecular weight is 283 g/mol. The van der Waals surface area contributed by atoms with Crippen molar-refractivity contribution in [2.75, 3.05) is 0 Å². The van der Waals surface area contributed by atoms with Gasteiger partial charge < -0.3 is 0 Å². The van der Waals surface area contributed by atoms with Crippen molar-refractivity contribution in [2.24, 2.45) is 5.92 Å². The normalized spacial score (nSPS) is 13.0. The highest BCUT2D eigenvalue weighted by molar-refractivity contribution is 9.09. The van der Waals surface area contributed by atoms with Gasteiger partial charge in [-0.15, -0.1) is 0 Å². The lowest BCUT2D eigenvalue weighted by Gasteiger charge is -2.10. The van der Waals surface area contributed by atoms with E-state index < -0.39 is 0 Å². The summed E-state index contributed by atoms with van der Waals surface area (Å²) in [5.41, 5.74) is 1.41. The highest BCUT2D eigenvalue weighted by Crippen LogP contribution is 2.28. The van der Waals surface area contributed by atoms with Crippen LogP contribution < -0.4 is 0 Å². The van der Waals surface area contributed by atoms with E-state index in [0.717, 1.165) is 5.92 Å². The molecule has 0 fully saturated rings. The van der Waals surface area contributed by atoms with Gasteiger partial charge in [-0.3, -0.25) is 0 Å². The zero-order valence-electron chi connectivity index (χ0n) is 10.5. The van der Waals surface area contributed by atoms with Crippen molar-refractivity contribution >= 4 is 15.9 Å². The van der Waals surface area contributed by atoms with E-state index in [2.05, 4.69) is 60.1 Å². The summed E-state index contributed by atoms with van der Waals surface area (Å²) < 4.78 is 0. The second kappa shape index (κ2) is 7.89. The van der Waals surface area contributed by atoms with E-state index >= 15 is 0 Å². The summed E-state index contributed by atoms with van der Waals surface area (Å²) in [4.78, 5) is 0.535. The third-order valence-corrected chi connectivity index (χ3v) is 3.89. The average Bonchev–Trinajstić information content (AvgIpc) is 2.29. The minimum absolute atomic E-state index is 0.535. The zero-order valence-corrected chi connectivity index (χ0v) is 12.0. The maximum atomic E-state index is 3.77. The molecular weight excluding hydrogens is 260 g/mol. The van der Waals surface area contributed by atoms with Crippen LogP contribution in [-0.4, -0.2) is 0 Å². The summed E-state index contributed by atoms with van der Waals surface area (Å²) in [7, 11) is 0. The molecule has 0 aromatic heterocycles. The molecule has 1 heteroatoms. The molecule has 1 atom stereocenters. The zero-order chi connectivity index (χ0) is 11.8. The Bertz CT molecular complexity index is 266. The maximum Gasteiger partial charge on any atom is 0.0395 e. The molecule has 0 nitrogen and oxygen atoms in total. The predicted molar refractivity (Wildman–Crippen MR) is 76.0 cm³/mol. The molecule has 0 amide bonds. The van der Waals surface area contributed by atoms with Crippen molar-refractivity contribution in [3.8, 4) is 0 Å². The molecule has 0 saturated carbocycles. The van der Waals surface area contributed by atoms with Gasteiger partial charge in [0.15, 0.2) is 0 Å². The largest absolute Gasteiger partial charge is 0.0839 e. The Balaban J connectivity index is 2.14. The number of alkyl halides is 1. The summed E-state index contributed by atoms with van der Waals surface area (Å²) in [6.07, 6.45) is 6.71. The standard InChI is InChI=1S/C15H23Br/c1-13(2)9-5-3-8-12-15(16)14-10-6-4-7-11-14/h4,6-7,10-11,13,15H,3,5,8-9,12H2,1-2H3. The Hall–Kier alpha value is -0.300. The van der Waals surface area contributed by atoms with Gasteiger partial charge in [-0.2, -0.15) is 0 Å². The first kappa shape index (κ1) is 13.8. The molecule has 0 radical (unpaired) electrons. The summed E-state index contributed by atoms with van der Waals surface area (Å²) in [6.45, 7) is 4.61. The first-order chi connectivity index (χ1) is 7.70. The highest BCUT2D eigenvalue weighted by Gasteiger charge is 2.05. The van der Waals surface area contributed by atoms with Crippen LogP contribution in [0.15, 0.2) is 30.3 Å². The number of unbranched alkanes of at least 4 members (excludes halogenated alkanes) is 2. The van der Waals surface area contributed by atoms with Gasteiger partial charge in [-0.1, -0.05) is 85.8 Å². The highest BCUT2D eigenvalue weighted by atomic mass is 79.9. The molecule has 16 heavy (non-hydrogen) atoms. The quantitative estimate of drug-likeness (QED) is 0.443. The lowest BCUT2D eigenvalue weighted by molar-refractivity contribution is 0.519. The van der Waals surface area contributed by atoms with Crippen LogP contribution >= 0.6 is 15.9 Å². The van der Waals surface area contributed by atoms with Crippen molar-refractivity contribution < 1.29 is 0 Å². The van der Waals surface area contributed by atoms with Crippen LogP contribution in [0.4, 0.5) is 0 Å². The Kier molecular flexibility index (Phi) is 6.79. The van der Waals surface area contributed by atoms with Gasteiger partial charge in [0.2, 0.25) is 0 Å². The fourth-order valence-electron chi connectivity index (χ4n) is 1.88. The van der Waals surface area contributed by atoms with E-state index in [9.17, 15) is 0 Å². The van der Waals surface area contributed by atoms with E-state index in [1.165, 1.54) is 37.7 Å². The Morgan fingerprint density at radius 1 is 0.938 bits per heavy atom. The molecule has 0 bridgehead atoms. The second-order valence-electron chi connectivity index (χ2n) is 4.91. The van der Waals surface area contributed by atoms with E-state index in [1.54, 1.807) is 0 Å². The van der Waals surface area contributed by atoms with E-state index in [0.29, 0.717) is 4.83 Å². The molecule has 0 aliphatic rings. The number of hydrogen-bond acceptors (Lipinski definition) is 0. The van der Waals surface area contributed by atoms with Crippen LogP contribution in [0.1, 0.15) is 56.3 Å². The molecule has 0 heterocycles. The Morgan fingerprint density at radius 3 is 2.19 bits per heavy atom. The minimum Gasteiger partial charge on any atom is -0.0839 e. The van der Waals surface area contributed by atoms with Crippen molar-refractivity contribution in [1.82, 2.24) is 0 Å². The van der Waals surface area contributed by atoms with E-state index in [1.807, 2.05) is 0 Å². The first-order valence-corrected chi connectivity index (χ1v) is 7.30. The van der Waals surface area contributed by atoms with Crippen molar-refractivity contribution in [3.05, 3.63) is 35.9 Å². The molecule has 90 valence electrons. The summed E-state index contributed by atoms with van der Waals surface area (Å²) in [6, 6.07) is 10.7. The third kappa shape index (κ3) is 5.69. The van der Waals surface area contributed by atoms with Crippen LogP contribution in [0.2, 0.25) is 0 Å². The number of benzene rings is 1. The molecule has 1 unspecified atom stereocenters. The molecule has 1 rings (SSSR count). The van der Waals surface area contributed by atoms with Gasteiger partial charge in [0, 0.05) is 4.83 Å². The van der Waals surface area contributed by atoms with Crippen LogP contribution in [0.25, 0.3) is 0 Å². The summed E-state index contributed by atoms with van der Waals surface area (Å²) >= 11 is 3.77. The molecule has 0 spiro atoms. The summed E-state index contributed by atoms with van der Waals surface area (Å²) in [5.74, 6) is 0.855. The van der Waals surface area contributed by atoms with Crippen LogP contribution in [-0.2, 0) is 0 Å². The van der Waals surface area contributed by atoms with Crippen LogP contribution in [0.5, 0.6) is 0 Å². The SMILES string of the molecule is CC(C)CCCCCC(Br)c1ccccc1. The van der Waals surface area contributed by atoms with Gasteiger partial charge in [0.25, 0.3) is 0 Å².